The molecule has 106 valence electrons. The standard InChI is InChI=1S/C15H16BrNO2S/c16-14-9-4-10-15(12-14)20(18,19)17-11-5-8-13-6-2-1-3-7-13/h1-4,6-7,9-10,12,17H,5,8,11H2. The predicted molar refractivity (Wildman–Crippen MR) is 84.1 cm³/mol. The Morgan fingerprint density at radius 1 is 1.00 bits per heavy atom. The molecule has 0 amide bonds. The Balaban J connectivity index is 1.87. The minimum Gasteiger partial charge on any atom is -0.211 e. The number of benzene rings is 2. The van der Waals surface area contributed by atoms with E-state index in [2.05, 4.69) is 20.7 Å². The molecule has 0 saturated carbocycles. The number of sulfonamides is 1. The third kappa shape index (κ3) is 4.44. The summed E-state index contributed by atoms with van der Waals surface area (Å²) in [5.74, 6) is 0. The highest BCUT2D eigenvalue weighted by molar-refractivity contribution is 9.10. The maximum absolute atomic E-state index is 12.1. The van der Waals surface area contributed by atoms with E-state index in [0.29, 0.717) is 6.54 Å². The fourth-order valence-electron chi connectivity index (χ4n) is 1.86. The molecule has 0 heterocycles. The smallest absolute Gasteiger partial charge is 0.211 e. The Kier molecular flexibility index (Phi) is 5.34. The van der Waals surface area contributed by atoms with Crippen LogP contribution in [0.5, 0.6) is 0 Å². The van der Waals surface area contributed by atoms with Crippen molar-refractivity contribution in [2.45, 2.75) is 17.7 Å². The molecule has 0 aliphatic rings. The highest BCUT2D eigenvalue weighted by atomic mass is 79.9. The van der Waals surface area contributed by atoms with Gasteiger partial charge in [0.25, 0.3) is 0 Å². The first-order valence-corrected chi connectivity index (χ1v) is 8.65. The molecule has 0 saturated heterocycles. The lowest BCUT2D eigenvalue weighted by atomic mass is 10.1. The van der Waals surface area contributed by atoms with Crippen LogP contribution in [0, 0.1) is 0 Å². The highest BCUT2D eigenvalue weighted by Gasteiger charge is 2.12. The van der Waals surface area contributed by atoms with Crippen molar-refractivity contribution in [2.75, 3.05) is 6.54 Å². The van der Waals surface area contributed by atoms with Crippen molar-refractivity contribution >= 4 is 26.0 Å². The Morgan fingerprint density at radius 3 is 2.45 bits per heavy atom. The minimum absolute atomic E-state index is 0.284. The SMILES string of the molecule is O=S(=O)(NCCCc1ccccc1)c1cccc(Br)c1. The van der Waals surface area contributed by atoms with E-state index in [9.17, 15) is 8.42 Å². The fourth-order valence-corrected chi connectivity index (χ4v) is 3.53. The molecule has 0 radical (unpaired) electrons. The average molecular weight is 354 g/mol. The number of halogens is 1. The lowest BCUT2D eigenvalue weighted by Crippen LogP contribution is -2.25. The molecule has 20 heavy (non-hydrogen) atoms. The summed E-state index contributed by atoms with van der Waals surface area (Å²) in [6.45, 7) is 0.434. The topological polar surface area (TPSA) is 46.2 Å². The van der Waals surface area contributed by atoms with E-state index in [1.165, 1.54) is 5.56 Å². The summed E-state index contributed by atoms with van der Waals surface area (Å²) in [5, 5.41) is 0. The molecular formula is C15H16BrNO2S. The summed E-state index contributed by atoms with van der Waals surface area (Å²) in [6.07, 6.45) is 1.64. The van der Waals surface area contributed by atoms with Crippen LogP contribution in [0.4, 0.5) is 0 Å². The summed E-state index contributed by atoms with van der Waals surface area (Å²) in [6, 6.07) is 16.7. The second kappa shape index (κ2) is 7.02. The van der Waals surface area contributed by atoms with E-state index in [4.69, 9.17) is 0 Å². The summed E-state index contributed by atoms with van der Waals surface area (Å²) < 4.78 is 27.5. The normalized spacial score (nSPS) is 11.4. The Morgan fingerprint density at radius 2 is 1.75 bits per heavy atom. The summed E-state index contributed by atoms with van der Waals surface area (Å²) in [7, 11) is -3.42. The molecule has 2 aromatic rings. The molecule has 0 spiro atoms. The maximum atomic E-state index is 12.1. The molecule has 0 aromatic heterocycles. The van der Waals surface area contributed by atoms with E-state index in [0.717, 1.165) is 17.3 Å². The third-order valence-corrected chi connectivity index (χ3v) is 4.84. The minimum atomic E-state index is -3.42. The van der Waals surface area contributed by atoms with Crippen LogP contribution in [0.3, 0.4) is 0 Å². The molecular weight excluding hydrogens is 338 g/mol. The van der Waals surface area contributed by atoms with E-state index >= 15 is 0 Å². The number of hydrogen-bond acceptors (Lipinski definition) is 2. The molecule has 2 aromatic carbocycles. The molecule has 0 fully saturated rings. The number of aryl methyl sites for hydroxylation is 1. The second-order valence-electron chi connectivity index (χ2n) is 4.44. The van der Waals surface area contributed by atoms with E-state index in [1.54, 1.807) is 24.3 Å². The largest absolute Gasteiger partial charge is 0.240 e. The first kappa shape index (κ1) is 15.2. The molecule has 3 nitrogen and oxygen atoms in total. The van der Waals surface area contributed by atoms with Gasteiger partial charge in [0, 0.05) is 11.0 Å². The fraction of sp³-hybridized carbons (Fsp3) is 0.200. The first-order chi connectivity index (χ1) is 9.58. The van der Waals surface area contributed by atoms with Crippen LogP contribution < -0.4 is 4.72 Å². The van der Waals surface area contributed by atoms with Gasteiger partial charge in [0.05, 0.1) is 4.90 Å². The van der Waals surface area contributed by atoms with Gasteiger partial charge in [0.1, 0.15) is 0 Å². The Labute approximate surface area is 128 Å². The zero-order chi connectivity index (χ0) is 14.4. The number of nitrogens with one attached hydrogen (secondary N) is 1. The molecule has 0 atom stereocenters. The van der Waals surface area contributed by atoms with Crippen LogP contribution in [-0.2, 0) is 16.4 Å². The Hall–Kier alpha value is -1.17. The van der Waals surface area contributed by atoms with Crippen molar-refractivity contribution in [1.82, 2.24) is 4.72 Å². The number of hydrogen-bond donors (Lipinski definition) is 1. The van der Waals surface area contributed by atoms with Crippen LogP contribution in [0.2, 0.25) is 0 Å². The van der Waals surface area contributed by atoms with Crippen LogP contribution in [0.25, 0.3) is 0 Å². The molecule has 5 heteroatoms. The highest BCUT2D eigenvalue weighted by Crippen LogP contribution is 2.15. The van der Waals surface area contributed by atoms with E-state index < -0.39 is 10.0 Å². The van der Waals surface area contributed by atoms with Gasteiger partial charge in [0.15, 0.2) is 0 Å². The first-order valence-electron chi connectivity index (χ1n) is 6.37. The lowest BCUT2D eigenvalue weighted by molar-refractivity contribution is 0.579. The molecule has 0 unspecified atom stereocenters. The second-order valence-corrected chi connectivity index (χ2v) is 7.13. The van der Waals surface area contributed by atoms with Crippen molar-refractivity contribution in [2.24, 2.45) is 0 Å². The van der Waals surface area contributed by atoms with Crippen molar-refractivity contribution in [3.8, 4) is 0 Å². The summed E-state index contributed by atoms with van der Waals surface area (Å²) in [4.78, 5) is 0.284. The van der Waals surface area contributed by atoms with Gasteiger partial charge in [0.2, 0.25) is 10.0 Å². The monoisotopic (exact) mass is 353 g/mol. The van der Waals surface area contributed by atoms with Crippen molar-refractivity contribution < 1.29 is 8.42 Å². The molecule has 2 rings (SSSR count). The summed E-state index contributed by atoms with van der Waals surface area (Å²) in [5.41, 5.74) is 1.22. The third-order valence-electron chi connectivity index (χ3n) is 2.88. The predicted octanol–water partition coefficient (Wildman–Crippen LogP) is 3.36. The quantitative estimate of drug-likeness (QED) is 0.809. The van der Waals surface area contributed by atoms with E-state index in [1.807, 2.05) is 30.3 Å². The van der Waals surface area contributed by atoms with Gasteiger partial charge in [-0.2, -0.15) is 0 Å². The number of rotatable bonds is 6. The van der Waals surface area contributed by atoms with Crippen LogP contribution >= 0.6 is 15.9 Å². The van der Waals surface area contributed by atoms with Crippen molar-refractivity contribution in [1.29, 1.82) is 0 Å². The van der Waals surface area contributed by atoms with Crippen molar-refractivity contribution in [3.63, 3.8) is 0 Å². The zero-order valence-corrected chi connectivity index (χ0v) is 13.3. The van der Waals surface area contributed by atoms with Gasteiger partial charge in [-0.25, -0.2) is 13.1 Å². The lowest BCUT2D eigenvalue weighted by Gasteiger charge is -2.07. The van der Waals surface area contributed by atoms with Crippen LogP contribution in [-0.4, -0.2) is 15.0 Å². The maximum Gasteiger partial charge on any atom is 0.240 e. The van der Waals surface area contributed by atoms with Gasteiger partial charge in [-0.1, -0.05) is 52.3 Å². The van der Waals surface area contributed by atoms with Gasteiger partial charge >= 0.3 is 0 Å². The van der Waals surface area contributed by atoms with Gasteiger partial charge < -0.3 is 0 Å². The van der Waals surface area contributed by atoms with Gasteiger partial charge in [-0.05, 0) is 36.6 Å². The van der Waals surface area contributed by atoms with Crippen molar-refractivity contribution in [3.05, 3.63) is 64.6 Å². The molecule has 0 aliphatic heterocycles. The van der Waals surface area contributed by atoms with Gasteiger partial charge in [-0.3, -0.25) is 0 Å². The summed E-state index contributed by atoms with van der Waals surface area (Å²) >= 11 is 3.27. The van der Waals surface area contributed by atoms with Gasteiger partial charge in [-0.15, -0.1) is 0 Å². The zero-order valence-electron chi connectivity index (χ0n) is 10.9. The van der Waals surface area contributed by atoms with Crippen LogP contribution in [0.15, 0.2) is 64.0 Å². The average Bonchev–Trinajstić information content (AvgIpc) is 2.45. The molecule has 1 N–H and O–H groups in total. The Bertz CT molecular complexity index is 657. The molecule has 0 bridgehead atoms. The van der Waals surface area contributed by atoms with Crippen LogP contribution in [0.1, 0.15) is 12.0 Å². The van der Waals surface area contributed by atoms with E-state index in [-0.39, 0.29) is 4.90 Å². The molecule has 0 aliphatic carbocycles.